The molecule has 0 aliphatic heterocycles. The van der Waals surface area contributed by atoms with Gasteiger partial charge in [0.25, 0.3) is 0 Å². The Morgan fingerprint density at radius 1 is 0.476 bits per heavy atom. The normalized spacial score (nSPS) is 15.9. The van der Waals surface area contributed by atoms with Crippen LogP contribution in [0.5, 0.6) is 11.5 Å². The molecule has 0 unspecified atom stereocenters. The molecule has 0 bridgehead atoms. The van der Waals surface area contributed by atoms with Gasteiger partial charge >= 0.3 is 0 Å². The van der Waals surface area contributed by atoms with E-state index in [2.05, 4.69) is 104 Å². The molecule has 8 aromatic carbocycles. The van der Waals surface area contributed by atoms with E-state index in [9.17, 15) is 0 Å². The Kier molecular flexibility index (Phi) is 12.1. The molecule has 0 atom stereocenters. The van der Waals surface area contributed by atoms with E-state index in [1.165, 1.54) is 31.2 Å². The number of azo groups is 3. The van der Waals surface area contributed by atoms with Gasteiger partial charge in [0.2, 0.25) is 0 Å². The van der Waals surface area contributed by atoms with Crippen molar-refractivity contribution >= 4 is 72.1 Å². The van der Waals surface area contributed by atoms with Gasteiger partial charge in [0.1, 0.15) is 11.5 Å². The van der Waals surface area contributed by atoms with Crippen molar-refractivity contribution in [1.82, 2.24) is 0 Å². The van der Waals surface area contributed by atoms with Crippen LogP contribution in [0.4, 0.5) is 39.8 Å². The average molecular weight is 828 g/mol. The van der Waals surface area contributed by atoms with Crippen LogP contribution in [-0.2, 0) is 5.41 Å². The van der Waals surface area contributed by atoms with E-state index in [4.69, 9.17) is 25.2 Å². The van der Waals surface area contributed by atoms with Crippen LogP contribution in [0, 0.1) is 11.8 Å². The lowest BCUT2D eigenvalue weighted by molar-refractivity contribution is 0.300. The Morgan fingerprint density at radius 2 is 0.873 bits per heavy atom. The lowest BCUT2D eigenvalue weighted by Crippen LogP contribution is -2.20. The monoisotopic (exact) mass is 827 g/mol. The molecule has 314 valence electrons. The van der Waals surface area contributed by atoms with Crippen LogP contribution in [0.15, 0.2) is 188 Å². The molecule has 1 N–H and O–H groups in total. The first-order valence-corrected chi connectivity index (χ1v) is 22.2. The smallest absolute Gasteiger partial charge is 0.127 e. The van der Waals surface area contributed by atoms with Gasteiger partial charge in [0.05, 0.1) is 34.1 Å². The van der Waals surface area contributed by atoms with Gasteiger partial charge in [-0.05, 0) is 115 Å². The minimum absolute atomic E-state index is 0.134. The molecule has 8 heteroatoms. The molecular weight excluding hydrogens is 775 g/mol. The van der Waals surface area contributed by atoms with E-state index in [0.717, 1.165) is 108 Å². The van der Waals surface area contributed by atoms with E-state index in [0.29, 0.717) is 0 Å². The molecule has 1 aliphatic rings. The summed E-state index contributed by atoms with van der Waals surface area (Å²) in [5.74, 6) is 3.12. The van der Waals surface area contributed by atoms with E-state index >= 15 is 0 Å². The van der Waals surface area contributed by atoms with Crippen LogP contribution in [-0.4, -0.2) is 6.54 Å². The van der Waals surface area contributed by atoms with Gasteiger partial charge in [-0.1, -0.05) is 125 Å². The van der Waals surface area contributed by atoms with E-state index in [-0.39, 0.29) is 5.41 Å². The second kappa shape index (κ2) is 18.5. The Bertz CT molecular complexity index is 2960. The molecular formula is C55H53N7O. The number of hydrogen-bond donors (Lipinski definition) is 1. The minimum atomic E-state index is 0.134. The molecule has 1 saturated carbocycles. The number of ether oxygens (including phenoxy) is 1. The third-order valence-electron chi connectivity index (χ3n) is 12.8. The summed E-state index contributed by atoms with van der Waals surface area (Å²) in [6.45, 7) is 10.1. The fraction of sp³-hybridized carbons (Fsp3) is 0.236. The Balaban J connectivity index is 0.906. The van der Waals surface area contributed by atoms with Crippen molar-refractivity contribution in [2.75, 3.05) is 11.9 Å². The fourth-order valence-electron chi connectivity index (χ4n) is 8.42. The van der Waals surface area contributed by atoms with Crippen molar-refractivity contribution < 1.29 is 4.74 Å². The van der Waals surface area contributed by atoms with Crippen molar-refractivity contribution in [2.45, 2.75) is 65.2 Å². The second-order valence-electron chi connectivity index (χ2n) is 17.4. The molecule has 0 amide bonds. The number of fused-ring (bicyclic) bond motifs is 3. The topological polar surface area (TPSA) is 95.4 Å². The minimum Gasteiger partial charge on any atom is -0.457 e. The molecule has 0 spiro atoms. The molecule has 0 saturated heterocycles. The molecule has 0 radical (unpaired) electrons. The summed E-state index contributed by atoms with van der Waals surface area (Å²) in [6.07, 6.45) is 6.33. The molecule has 8 nitrogen and oxygen atoms in total. The fourth-order valence-corrected chi connectivity index (χ4v) is 8.42. The molecule has 1 aliphatic carbocycles. The average Bonchev–Trinajstić information content (AvgIpc) is 3.33. The maximum absolute atomic E-state index is 6.12. The largest absolute Gasteiger partial charge is 0.457 e. The van der Waals surface area contributed by atoms with Crippen LogP contribution in [0.1, 0.15) is 65.4 Å². The summed E-state index contributed by atoms with van der Waals surface area (Å²) in [5, 5.41) is 38.1. The maximum Gasteiger partial charge on any atom is 0.127 e. The standard InChI is InChI=1S/C55H53N7O/c1-5-55(3,4)39-22-26-41(27-23-39)63-42-28-24-40(25-29-42)57-58-50-32-33-52(46-15-9-8-14-45(46)50)61-62-54-35-34-53(47-16-10-11-17-48(47)54)60-59-51-31-30-49(43-12-6-7-13-44(43)51)56-36-38-20-18-37(2)19-21-38/h6-17,22-35,37-38,56H,5,18-21,36H2,1-4H3. The predicted molar refractivity (Wildman–Crippen MR) is 260 cm³/mol. The van der Waals surface area contributed by atoms with Gasteiger partial charge in [-0.3, -0.25) is 0 Å². The lowest BCUT2D eigenvalue weighted by atomic mass is 9.82. The third-order valence-corrected chi connectivity index (χ3v) is 12.8. The van der Waals surface area contributed by atoms with Gasteiger partial charge in [-0.15, -0.1) is 25.6 Å². The second-order valence-corrected chi connectivity index (χ2v) is 17.4. The molecule has 9 rings (SSSR count). The van der Waals surface area contributed by atoms with Gasteiger partial charge in [-0.25, -0.2) is 0 Å². The molecule has 0 aromatic heterocycles. The van der Waals surface area contributed by atoms with Crippen LogP contribution < -0.4 is 10.1 Å². The summed E-state index contributed by atoms with van der Waals surface area (Å²) in [4.78, 5) is 0. The van der Waals surface area contributed by atoms with E-state index in [1.54, 1.807) is 0 Å². The molecule has 63 heavy (non-hydrogen) atoms. The highest BCUT2D eigenvalue weighted by molar-refractivity contribution is 6.02. The van der Waals surface area contributed by atoms with Crippen LogP contribution in [0.3, 0.4) is 0 Å². The highest BCUT2D eigenvalue weighted by atomic mass is 16.5. The van der Waals surface area contributed by atoms with Gasteiger partial charge in [0.15, 0.2) is 0 Å². The van der Waals surface area contributed by atoms with Gasteiger partial charge < -0.3 is 10.1 Å². The summed E-state index contributed by atoms with van der Waals surface area (Å²) < 4.78 is 6.12. The van der Waals surface area contributed by atoms with Crippen LogP contribution >= 0.6 is 0 Å². The number of benzene rings is 8. The highest BCUT2D eigenvalue weighted by Crippen LogP contribution is 2.40. The van der Waals surface area contributed by atoms with Crippen LogP contribution in [0.2, 0.25) is 0 Å². The Morgan fingerprint density at radius 3 is 1.33 bits per heavy atom. The van der Waals surface area contributed by atoms with Crippen molar-refractivity contribution in [3.05, 3.63) is 163 Å². The quantitative estimate of drug-likeness (QED) is 0.117. The Labute approximate surface area is 369 Å². The molecule has 0 heterocycles. The zero-order valence-corrected chi connectivity index (χ0v) is 36.5. The van der Waals surface area contributed by atoms with E-state index < -0.39 is 0 Å². The maximum atomic E-state index is 6.12. The molecule has 8 aromatic rings. The summed E-state index contributed by atoms with van der Waals surface area (Å²) in [7, 11) is 0. The van der Waals surface area contributed by atoms with Crippen molar-refractivity contribution in [3.8, 4) is 11.5 Å². The zero-order chi connectivity index (χ0) is 43.2. The summed E-state index contributed by atoms with van der Waals surface area (Å²) >= 11 is 0. The van der Waals surface area contributed by atoms with Gasteiger partial charge in [-0.2, -0.15) is 5.11 Å². The number of hydrogen-bond acceptors (Lipinski definition) is 8. The van der Waals surface area contributed by atoms with Crippen molar-refractivity contribution in [2.24, 2.45) is 42.5 Å². The number of anilines is 1. The highest BCUT2D eigenvalue weighted by Gasteiger charge is 2.19. The van der Waals surface area contributed by atoms with Crippen molar-refractivity contribution in [1.29, 1.82) is 0 Å². The summed E-state index contributed by atoms with van der Waals surface area (Å²) in [6, 6.07) is 52.7. The molecule has 1 fully saturated rings. The third kappa shape index (κ3) is 9.41. The predicted octanol–water partition coefficient (Wildman–Crippen LogP) is 18.1. The SMILES string of the molecule is CCC(C)(C)c1ccc(Oc2ccc(N=Nc3ccc(N=Nc4ccc(N=Nc5ccc(NCC6CCC(C)CC6)c6ccccc56)c5ccccc45)c4ccccc34)cc2)cc1. The number of rotatable bonds is 13. The first kappa shape index (κ1) is 41.3. The first-order chi connectivity index (χ1) is 30.8. The van der Waals surface area contributed by atoms with Gasteiger partial charge in [0, 0.05) is 44.5 Å². The van der Waals surface area contributed by atoms with Crippen LogP contribution in [0.25, 0.3) is 32.3 Å². The number of nitrogens with zero attached hydrogens (tertiary/aromatic N) is 6. The number of nitrogens with one attached hydrogen (secondary N) is 1. The lowest BCUT2D eigenvalue weighted by Gasteiger charge is -2.26. The van der Waals surface area contributed by atoms with E-state index in [1.807, 2.05) is 97.1 Å². The first-order valence-electron chi connectivity index (χ1n) is 22.2. The Hall–Kier alpha value is -7.06. The summed E-state index contributed by atoms with van der Waals surface area (Å²) in [5.41, 5.74) is 7.14. The zero-order valence-electron chi connectivity index (χ0n) is 36.5. The van der Waals surface area contributed by atoms with Crippen molar-refractivity contribution in [3.63, 3.8) is 0 Å².